The zero-order chi connectivity index (χ0) is 20.7. The van der Waals surface area contributed by atoms with Crippen molar-refractivity contribution in [3.05, 3.63) is 63.5 Å². The Labute approximate surface area is 181 Å². The number of aromatic nitrogens is 3. The first-order valence-electron chi connectivity index (χ1n) is 9.33. The highest BCUT2D eigenvalue weighted by atomic mass is 35.5. The van der Waals surface area contributed by atoms with E-state index in [0.29, 0.717) is 28.8 Å². The van der Waals surface area contributed by atoms with E-state index in [-0.39, 0.29) is 5.91 Å². The monoisotopic (exact) mass is 439 g/mol. The average Bonchev–Trinajstić information content (AvgIpc) is 3.50. The van der Waals surface area contributed by atoms with Crippen LogP contribution in [0.1, 0.15) is 26.8 Å². The van der Waals surface area contributed by atoms with E-state index in [9.17, 15) is 4.79 Å². The van der Waals surface area contributed by atoms with Crippen LogP contribution in [0.3, 0.4) is 0 Å². The van der Waals surface area contributed by atoms with Crippen LogP contribution in [-0.4, -0.2) is 34.5 Å². The summed E-state index contributed by atoms with van der Waals surface area (Å²) in [7, 11) is 1.65. The lowest BCUT2D eigenvalue weighted by Crippen LogP contribution is -2.22. The summed E-state index contributed by atoms with van der Waals surface area (Å²) >= 11 is 7.45. The van der Waals surface area contributed by atoms with Crippen molar-refractivity contribution >= 4 is 56.5 Å². The summed E-state index contributed by atoms with van der Waals surface area (Å²) in [5.74, 6) is 1.34. The molecule has 152 valence electrons. The summed E-state index contributed by atoms with van der Waals surface area (Å²) < 4.78 is 5.36. The number of thiophene rings is 1. The third kappa shape index (κ3) is 3.44. The molecule has 0 radical (unpaired) electrons. The normalized spacial score (nSPS) is 14.1. The van der Waals surface area contributed by atoms with Crippen molar-refractivity contribution in [2.75, 3.05) is 19.0 Å². The van der Waals surface area contributed by atoms with E-state index in [4.69, 9.17) is 16.3 Å². The summed E-state index contributed by atoms with van der Waals surface area (Å²) in [5, 5.41) is 7.92. The summed E-state index contributed by atoms with van der Waals surface area (Å²) in [6.45, 7) is 1.02. The Morgan fingerprint density at radius 2 is 2.27 bits per heavy atom. The highest BCUT2D eigenvalue weighted by Crippen LogP contribution is 2.39. The first-order chi connectivity index (χ1) is 14.6. The van der Waals surface area contributed by atoms with Gasteiger partial charge in [0.25, 0.3) is 5.91 Å². The molecular weight excluding hydrogens is 422 g/mol. The zero-order valence-corrected chi connectivity index (χ0v) is 17.6. The second-order valence-corrected chi connectivity index (χ2v) is 8.35. The Morgan fingerprint density at radius 3 is 3.13 bits per heavy atom. The number of nitrogens with zero attached hydrogens (tertiary/aromatic N) is 1. The molecule has 0 spiro atoms. The lowest BCUT2D eigenvalue weighted by atomic mass is 10.1. The van der Waals surface area contributed by atoms with Crippen LogP contribution >= 0.6 is 22.9 Å². The maximum absolute atomic E-state index is 12.7. The van der Waals surface area contributed by atoms with Crippen LogP contribution in [0.15, 0.2) is 36.5 Å². The number of fused-ring (bicyclic) bond motifs is 2. The van der Waals surface area contributed by atoms with Gasteiger partial charge in [0, 0.05) is 23.3 Å². The molecule has 1 aliphatic rings. The van der Waals surface area contributed by atoms with Gasteiger partial charge in [-0.2, -0.15) is 0 Å². The molecule has 0 saturated carbocycles. The number of hydrogen-bond donors (Lipinski definition) is 4. The SMILES string of the molecule is COc1cc[nH]c1C=C1CNc2sc(C(=O)NCc3nc4ccc(Cl)cc4[nH]3)cc21. The van der Waals surface area contributed by atoms with E-state index in [1.54, 1.807) is 13.2 Å². The second-order valence-electron chi connectivity index (χ2n) is 6.86. The number of carbonyl (C=O) groups excluding carboxylic acids is 1. The van der Waals surface area contributed by atoms with Crippen LogP contribution in [0.25, 0.3) is 22.7 Å². The van der Waals surface area contributed by atoms with Crippen molar-refractivity contribution in [1.29, 1.82) is 0 Å². The molecule has 0 fully saturated rings. The number of nitrogens with one attached hydrogen (secondary N) is 4. The van der Waals surface area contributed by atoms with Gasteiger partial charge in [0.2, 0.25) is 0 Å². The van der Waals surface area contributed by atoms with Gasteiger partial charge in [-0.15, -0.1) is 11.3 Å². The standard InChI is InChI=1S/C21H18ClN5O2S/c1-29-17-4-5-23-16(17)6-11-9-25-21-13(11)8-18(30-21)20(28)24-10-19-26-14-3-2-12(22)7-15(14)27-19/h2-8,23,25H,9-10H2,1H3,(H,24,28)(H,26,27). The first-order valence-corrected chi connectivity index (χ1v) is 10.5. The zero-order valence-electron chi connectivity index (χ0n) is 16.0. The van der Waals surface area contributed by atoms with Crippen LogP contribution < -0.4 is 15.4 Å². The summed E-state index contributed by atoms with van der Waals surface area (Å²) in [6, 6.07) is 9.27. The number of rotatable bonds is 5. The topological polar surface area (TPSA) is 94.8 Å². The van der Waals surface area contributed by atoms with E-state index in [0.717, 1.165) is 38.6 Å². The van der Waals surface area contributed by atoms with Gasteiger partial charge in [0.15, 0.2) is 0 Å². The number of aromatic amines is 2. The van der Waals surface area contributed by atoms with E-state index in [2.05, 4.69) is 25.6 Å². The van der Waals surface area contributed by atoms with Crippen molar-refractivity contribution in [2.24, 2.45) is 0 Å². The Balaban J connectivity index is 1.31. The van der Waals surface area contributed by atoms with E-state index < -0.39 is 0 Å². The smallest absolute Gasteiger partial charge is 0.261 e. The van der Waals surface area contributed by atoms with Crippen LogP contribution in [0.5, 0.6) is 5.75 Å². The largest absolute Gasteiger partial charge is 0.495 e. The molecule has 4 N–H and O–H groups in total. The van der Waals surface area contributed by atoms with E-state index >= 15 is 0 Å². The number of methoxy groups -OCH3 is 1. The predicted molar refractivity (Wildman–Crippen MR) is 120 cm³/mol. The van der Waals surface area contributed by atoms with Gasteiger partial charge in [-0.05, 0) is 42.0 Å². The molecule has 4 heterocycles. The number of benzene rings is 1. The van der Waals surface area contributed by atoms with Crippen LogP contribution in [0.4, 0.5) is 5.00 Å². The van der Waals surface area contributed by atoms with Crippen molar-refractivity contribution in [1.82, 2.24) is 20.3 Å². The molecule has 4 aromatic rings. The fourth-order valence-electron chi connectivity index (χ4n) is 3.47. The molecule has 3 aromatic heterocycles. The third-order valence-electron chi connectivity index (χ3n) is 4.93. The van der Waals surface area contributed by atoms with E-state index in [1.807, 2.05) is 36.5 Å². The number of H-pyrrole nitrogens is 2. The maximum atomic E-state index is 12.7. The molecule has 5 rings (SSSR count). The lowest BCUT2D eigenvalue weighted by Gasteiger charge is -2.02. The molecule has 0 aliphatic carbocycles. The van der Waals surface area contributed by atoms with Gasteiger partial charge in [0.05, 0.1) is 40.3 Å². The Kier molecular flexibility index (Phi) is 4.72. The molecular formula is C21H18ClN5O2S. The third-order valence-corrected chi connectivity index (χ3v) is 6.25. The van der Waals surface area contributed by atoms with Gasteiger partial charge in [-0.1, -0.05) is 11.6 Å². The van der Waals surface area contributed by atoms with Gasteiger partial charge in [-0.3, -0.25) is 4.79 Å². The Hall–Kier alpha value is -3.23. The van der Waals surface area contributed by atoms with Gasteiger partial charge in [0.1, 0.15) is 11.6 Å². The molecule has 9 heteroatoms. The molecule has 7 nitrogen and oxygen atoms in total. The molecule has 1 aromatic carbocycles. The molecule has 0 unspecified atom stereocenters. The maximum Gasteiger partial charge on any atom is 0.261 e. The number of ether oxygens (including phenoxy) is 1. The minimum absolute atomic E-state index is 0.133. The molecule has 0 atom stereocenters. The van der Waals surface area contributed by atoms with E-state index in [1.165, 1.54) is 11.3 Å². The van der Waals surface area contributed by atoms with Crippen molar-refractivity contribution in [2.45, 2.75) is 6.54 Å². The highest BCUT2D eigenvalue weighted by Gasteiger charge is 2.22. The Morgan fingerprint density at radius 1 is 1.37 bits per heavy atom. The lowest BCUT2D eigenvalue weighted by molar-refractivity contribution is 0.0954. The number of amides is 1. The Bertz CT molecular complexity index is 1290. The second kappa shape index (κ2) is 7.55. The molecule has 1 amide bonds. The molecule has 0 saturated heterocycles. The minimum atomic E-state index is -0.133. The van der Waals surface area contributed by atoms with Crippen LogP contribution in [0.2, 0.25) is 5.02 Å². The van der Waals surface area contributed by atoms with Gasteiger partial charge in [-0.25, -0.2) is 4.98 Å². The van der Waals surface area contributed by atoms with Crippen molar-refractivity contribution in [3.63, 3.8) is 0 Å². The number of carbonyl (C=O) groups is 1. The van der Waals surface area contributed by atoms with Crippen molar-refractivity contribution < 1.29 is 9.53 Å². The highest BCUT2D eigenvalue weighted by molar-refractivity contribution is 7.18. The molecule has 1 aliphatic heterocycles. The number of halogens is 1. The quantitative estimate of drug-likeness (QED) is 0.368. The average molecular weight is 440 g/mol. The summed E-state index contributed by atoms with van der Waals surface area (Å²) in [5.41, 5.74) is 4.72. The molecule has 30 heavy (non-hydrogen) atoms. The van der Waals surface area contributed by atoms with Gasteiger partial charge < -0.3 is 25.3 Å². The first kappa shape index (κ1) is 18.8. The van der Waals surface area contributed by atoms with Gasteiger partial charge >= 0.3 is 0 Å². The minimum Gasteiger partial charge on any atom is -0.495 e. The fraction of sp³-hybridized carbons (Fsp3) is 0.143. The molecule has 0 bridgehead atoms. The number of anilines is 1. The number of imidazole rings is 1. The predicted octanol–water partition coefficient (Wildman–Crippen LogP) is 4.51. The fourth-order valence-corrected chi connectivity index (χ4v) is 4.65. The van der Waals surface area contributed by atoms with Crippen LogP contribution in [-0.2, 0) is 6.54 Å². The van der Waals surface area contributed by atoms with Crippen LogP contribution in [0, 0.1) is 0 Å². The summed E-state index contributed by atoms with van der Waals surface area (Å²) in [6.07, 6.45) is 3.89. The summed E-state index contributed by atoms with van der Waals surface area (Å²) in [4.78, 5) is 24.2. The van der Waals surface area contributed by atoms with Crippen molar-refractivity contribution in [3.8, 4) is 5.75 Å². The number of hydrogen-bond acceptors (Lipinski definition) is 5.